The lowest BCUT2D eigenvalue weighted by Gasteiger charge is -2.31. The van der Waals surface area contributed by atoms with Gasteiger partial charge in [0.2, 0.25) is 0 Å². The second-order valence-corrected chi connectivity index (χ2v) is 8.82. The fourth-order valence-corrected chi connectivity index (χ4v) is 4.79. The van der Waals surface area contributed by atoms with Crippen LogP contribution in [0.4, 0.5) is 5.69 Å². The molecule has 2 heterocycles. The van der Waals surface area contributed by atoms with Crippen LogP contribution in [0.2, 0.25) is 5.02 Å². The van der Waals surface area contributed by atoms with Gasteiger partial charge in [0.05, 0.1) is 6.54 Å². The van der Waals surface area contributed by atoms with Crippen molar-refractivity contribution in [2.75, 3.05) is 18.0 Å². The minimum atomic E-state index is -1.05. The van der Waals surface area contributed by atoms with E-state index in [9.17, 15) is 9.90 Å². The third-order valence-electron chi connectivity index (χ3n) is 6.32. The van der Waals surface area contributed by atoms with Crippen molar-refractivity contribution in [3.8, 4) is 0 Å². The summed E-state index contributed by atoms with van der Waals surface area (Å²) in [7, 11) is 0. The van der Waals surface area contributed by atoms with E-state index in [1.807, 2.05) is 17.6 Å². The first kappa shape index (κ1) is 21.6. The first-order valence-electron chi connectivity index (χ1n) is 11.1. The number of rotatable bonds is 7. The van der Waals surface area contributed by atoms with Gasteiger partial charge in [-0.15, -0.1) is 0 Å². The van der Waals surface area contributed by atoms with Gasteiger partial charge in [0.1, 0.15) is 11.3 Å². The number of carbonyl (C=O) groups is 1. The zero-order valence-corrected chi connectivity index (χ0v) is 18.9. The van der Waals surface area contributed by atoms with Gasteiger partial charge < -0.3 is 14.6 Å². The zero-order valence-electron chi connectivity index (χ0n) is 18.1. The lowest BCUT2D eigenvalue weighted by atomic mass is 9.89. The number of halogens is 1. The largest absolute Gasteiger partial charge is 0.477 e. The van der Waals surface area contributed by atoms with Gasteiger partial charge in [0.25, 0.3) is 0 Å². The molecule has 3 aromatic rings. The van der Waals surface area contributed by atoms with Crippen LogP contribution in [0.3, 0.4) is 0 Å². The lowest BCUT2D eigenvalue weighted by Crippen LogP contribution is -2.30. The summed E-state index contributed by atoms with van der Waals surface area (Å²) in [6, 6.07) is 9.43. The average Bonchev–Trinajstić information content (AvgIpc) is 3.08. The smallest absolute Gasteiger partial charge is 0.354 e. The number of carboxylic acids is 1. The molecule has 1 aliphatic carbocycles. The van der Waals surface area contributed by atoms with Crippen LogP contribution in [-0.2, 0) is 6.54 Å². The molecule has 1 aromatic carbocycles. The summed E-state index contributed by atoms with van der Waals surface area (Å²) >= 11 is 6.70. The van der Waals surface area contributed by atoms with Crippen molar-refractivity contribution < 1.29 is 9.90 Å². The van der Waals surface area contributed by atoms with Crippen molar-refractivity contribution >= 4 is 34.4 Å². The number of hydrogen-bond donors (Lipinski definition) is 1. The average molecular weight is 441 g/mol. The maximum Gasteiger partial charge on any atom is 0.354 e. The Morgan fingerprint density at radius 2 is 1.97 bits per heavy atom. The molecule has 6 nitrogen and oxygen atoms in total. The van der Waals surface area contributed by atoms with E-state index in [1.54, 1.807) is 6.07 Å². The molecule has 0 bridgehead atoms. The summed E-state index contributed by atoms with van der Waals surface area (Å²) < 4.78 is 1.92. The zero-order chi connectivity index (χ0) is 22.0. The molecular formula is C24H29ClN4O2. The van der Waals surface area contributed by atoms with Gasteiger partial charge in [0.15, 0.2) is 11.3 Å². The van der Waals surface area contributed by atoms with Crippen LogP contribution in [0.5, 0.6) is 0 Å². The molecule has 7 heteroatoms. The minimum absolute atomic E-state index is 0.0106. The van der Waals surface area contributed by atoms with E-state index in [-0.39, 0.29) is 5.69 Å². The summed E-state index contributed by atoms with van der Waals surface area (Å²) in [4.78, 5) is 22.6. The molecule has 0 aliphatic heterocycles. The number of benzene rings is 1. The maximum atomic E-state index is 11.3. The van der Waals surface area contributed by atoms with E-state index in [0.717, 1.165) is 36.1 Å². The van der Waals surface area contributed by atoms with Crippen LogP contribution in [0, 0.1) is 12.8 Å². The Bertz CT molecular complexity index is 1090. The molecule has 0 amide bonds. The van der Waals surface area contributed by atoms with Crippen molar-refractivity contribution in [2.24, 2.45) is 5.92 Å². The second kappa shape index (κ2) is 9.27. The maximum absolute atomic E-state index is 11.3. The number of pyridine rings is 1. The Morgan fingerprint density at radius 1 is 1.19 bits per heavy atom. The van der Waals surface area contributed by atoms with E-state index in [2.05, 4.69) is 33.9 Å². The topological polar surface area (TPSA) is 71.2 Å². The number of carboxylic acid groups (broad SMARTS) is 1. The molecule has 0 spiro atoms. The summed E-state index contributed by atoms with van der Waals surface area (Å²) in [6.45, 7) is 6.62. The molecule has 1 aliphatic rings. The molecule has 4 rings (SSSR count). The number of aryl methyl sites for hydroxylation is 1. The first-order chi connectivity index (χ1) is 15.0. The highest BCUT2D eigenvalue weighted by atomic mass is 35.5. The van der Waals surface area contributed by atoms with Crippen LogP contribution in [0.1, 0.15) is 60.9 Å². The van der Waals surface area contributed by atoms with Crippen LogP contribution < -0.4 is 4.90 Å². The van der Waals surface area contributed by atoms with E-state index in [1.165, 1.54) is 38.2 Å². The standard InChI is InChI=1S/C24H29ClN4O2/c1-3-28(14-17-7-5-4-6-8-17)19-10-9-18(20(25)13-19)15-29-16(2)26-21-11-12-22(24(30)31)27-23(21)29/h9-13,17H,3-8,14-15H2,1-2H3,(H,30,31). The fourth-order valence-electron chi connectivity index (χ4n) is 4.55. The van der Waals surface area contributed by atoms with Crippen molar-refractivity contribution in [2.45, 2.75) is 52.5 Å². The molecule has 0 atom stereocenters. The summed E-state index contributed by atoms with van der Waals surface area (Å²) in [5, 5.41) is 9.99. The quantitative estimate of drug-likeness (QED) is 0.521. The summed E-state index contributed by atoms with van der Waals surface area (Å²) in [5.74, 6) is 0.492. The fraction of sp³-hybridized carbons (Fsp3) is 0.458. The Balaban J connectivity index is 1.58. The second-order valence-electron chi connectivity index (χ2n) is 8.41. The van der Waals surface area contributed by atoms with Gasteiger partial charge in [-0.1, -0.05) is 36.9 Å². The van der Waals surface area contributed by atoms with Crippen LogP contribution >= 0.6 is 11.6 Å². The van der Waals surface area contributed by atoms with E-state index >= 15 is 0 Å². The molecule has 164 valence electrons. The summed E-state index contributed by atoms with van der Waals surface area (Å²) in [5.41, 5.74) is 3.37. The van der Waals surface area contributed by atoms with Gasteiger partial charge in [-0.25, -0.2) is 14.8 Å². The number of imidazole rings is 1. The van der Waals surface area contributed by atoms with E-state index in [0.29, 0.717) is 22.7 Å². The van der Waals surface area contributed by atoms with Crippen molar-refractivity contribution in [3.05, 3.63) is 52.4 Å². The first-order valence-corrected chi connectivity index (χ1v) is 11.4. The summed E-state index contributed by atoms with van der Waals surface area (Å²) in [6.07, 6.45) is 6.70. The molecule has 0 saturated heterocycles. The highest BCUT2D eigenvalue weighted by Gasteiger charge is 2.18. The van der Waals surface area contributed by atoms with Gasteiger partial charge in [0, 0.05) is 23.8 Å². The number of nitrogens with zero attached hydrogens (tertiary/aromatic N) is 4. The SMILES string of the molecule is CCN(CC1CCCCC1)c1ccc(Cn2c(C)nc3ccc(C(=O)O)nc32)c(Cl)c1. The molecule has 0 unspecified atom stereocenters. The van der Waals surface area contributed by atoms with Gasteiger partial charge in [-0.2, -0.15) is 0 Å². The van der Waals surface area contributed by atoms with E-state index in [4.69, 9.17) is 11.6 Å². The number of aromatic nitrogens is 3. The molecule has 0 radical (unpaired) electrons. The molecule has 1 N–H and O–H groups in total. The molecule has 1 saturated carbocycles. The monoisotopic (exact) mass is 440 g/mol. The third kappa shape index (κ3) is 4.69. The normalized spacial score (nSPS) is 14.8. The van der Waals surface area contributed by atoms with Gasteiger partial charge in [-0.3, -0.25) is 0 Å². The van der Waals surface area contributed by atoms with Crippen molar-refractivity contribution in [1.82, 2.24) is 14.5 Å². The predicted molar refractivity (Wildman–Crippen MR) is 124 cm³/mol. The Kier molecular flexibility index (Phi) is 6.46. The highest BCUT2D eigenvalue weighted by molar-refractivity contribution is 6.31. The number of aromatic carboxylic acids is 1. The number of anilines is 1. The van der Waals surface area contributed by atoms with Crippen LogP contribution in [-0.4, -0.2) is 38.7 Å². The lowest BCUT2D eigenvalue weighted by molar-refractivity contribution is 0.0691. The Morgan fingerprint density at radius 3 is 2.65 bits per heavy atom. The van der Waals surface area contributed by atoms with Crippen LogP contribution in [0.25, 0.3) is 11.2 Å². The Hall–Kier alpha value is -2.60. The van der Waals surface area contributed by atoms with Crippen molar-refractivity contribution in [3.63, 3.8) is 0 Å². The molecule has 1 fully saturated rings. The molecule has 2 aromatic heterocycles. The molecule has 31 heavy (non-hydrogen) atoms. The minimum Gasteiger partial charge on any atom is -0.477 e. The van der Waals surface area contributed by atoms with Crippen LogP contribution in [0.15, 0.2) is 30.3 Å². The molecular weight excluding hydrogens is 412 g/mol. The van der Waals surface area contributed by atoms with Gasteiger partial charge >= 0.3 is 5.97 Å². The predicted octanol–water partition coefficient (Wildman–Crippen LogP) is 5.55. The third-order valence-corrected chi connectivity index (χ3v) is 6.67. The van der Waals surface area contributed by atoms with Gasteiger partial charge in [-0.05, 0) is 62.4 Å². The van der Waals surface area contributed by atoms with E-state index < -0.39 is 5.97 Å². The number of hydrogen-bond acceptors (Lipinski definition) is 4. The highest BCUT2D eigenvalue weighted by Crippen LogP contribution is 2.29. The number of fused-ring (bicyclic) bond motifs is 1. The van der Waals surface area contributed by atoms with Crippen molar-refractivity contribution in [1.29, 1.82) is 0 Å². The Labute approximate surface area is 187 Å².